The number of anilines is 1. The summed E-state index contributed by atoms with van der Waals surface area (Å²) in [7, 11) is 0. The predicted octanol–water partition coefficient (Wildman–Crippen LogP) is 2.28. The molecule has 0 spiro atoms. The van der Waals surface area contributed by atoms with E-state index >= 15 is 0 Å². The fourth-order valence-corrected chi connectivity index (χ4v) is 3.44. The van der Waals surface area contributed by atoms with E-state index in [0.29, 0.717) is 25.4 Å². The van der Waals surface area contributed by atoms with E-state index in [1.54, 1.807) is 0 Å². The number of carbonyl (C=O) groups is 2. The molecule has 148 valence electrons. The molecular weight excluding hydrogens is 356 g/mol. The van der Waals surface area contributed by atoms with Gasteiger partial charge in [0.2, 0.25) is 0 Å². The molecule has 0 saturated carbocycles. The fraction of sp³-hybridized carbons (Fsp3) is 0.364. The second-order valence-corrected chi connectivity index (χ2v) is 6.96. The number of hydrogen-bond acceptors (Lipinski definition) is 4. The van der Waals surface area contributed by atoms with E-state index in [2.05, 4.69) is 5.32 Å². The average molecular weight is 383 g/mol. The molecule has 6 nitrogen and oxygen atoms in total. The van der Waals surface area contributed by atoms with Gasteiger partial charge in [-0.15, -0.1) is 0 Å². The molecule has 0 radical (unpaired) electrons. The van der Waals surface area contributed by atoms with Crippen molar-refractivity contribution >= 4 is 17.6 Å². The highest BCUT2D eigenvalue weighted by molar-refractivity contribution is 5.91. The van der Waals surface area contributed by atoms with Gasteiger partial charge in [0.25, 0.3) is 5.91 Å². The molecule has 6 heteroatoms. The number of rotatable bonds is 7. The molecule has 2 N–H and O–H groups in total. The second-order valence-electron chi connectivity index (χ2n) is 6.96. The van der Waals surface area contributed by atoms with Gasteiger partial charge in [0.05, 0.1) is 19.7 Å². The zero-order valence-corrected chi connectivity index (χ0v) is 16.1. The molecule has 3 rings (SSSR count). The Morgan fingerprint density at radius 1 is 1.07 bits per heavy atom. The summed E-state index contributed by atoms with van der Waals surface area (Å²) in [6, 6.07) is 16.8. The monoisotopic (exact) mass is 383 g/mol. The summed E-state index contributed by atoms with van der Waals surface area (Å²) < 4.78 is 10.9. The third-order valence-corrected chi connectivity index (χ3v) is 4.77. The van der Waals surface area contributed by atoms with Crippen molar-refractivity contribution in [1.29, 1.82) is 0 Å². The molecule has 1 aliphatic rings. The van der Waals surface area contributed by atoms with Gasteiger partial charge in [0, 0.05) is 5.69 Å². The number of likely N-dealkylation sites (tertiary alicyclic amines) is 1. The lowest BCUT2D eigenvalue weighted by molar-refractivity contribution is -0.899. The third-order valence-electron chi connectivity index (χ3n) is 4.77. The molecule has 1 heterocycles. The molecule has 1 aliphatic heterocycles. The first-order valence-corrected chi connectivity index (χ1v) is 9.77. The van der Waals surface area contributed by atoms with E-state index in [1.165, 1.54) is 0 Å². The van der Waals surface area contributed by atoms with E-state index in [0.717, 1.165) is 35.7 Å². The molecule has 28 heavy (non-hydrogen) atoms. The van der Waals surface area contributed by atoms with E-state index in [4.69, 9.17) is 9.47 Å². The fourth-order valence-electron chi connectivity index (χ4n) is 3.44. The topological polar surface area (TPSA) is 69.1 Å². The van der Waals surface area contributed by atoms with Gasteiger partial charge in [0.1, 0.15) is 17.4 Å². The molecule has 0 aliphatic carbocycles. The van der Waals surface area contributed by atoms with E-state index < -0.39 is 0 Å². The average Bonchev–Trinajstić information content (AvgIpc) is 2.70. The Morgan fingerprint density at radius 2 is 1.79 bits per heavy atom. The zero-order valence-electron chi connectivity index (χ0n) is 16.1. The Balaban J connectivity index is 1.48. The van der Waals surface area contributed by atoms with Crippen LogP contribution < -0.4 is 15.0 Å². The van der Waals surface area contributed by atoms with Gasteiger partial charge >= 0.3 is 5.97 Å². The van der Waals surface area contributed by atoms with Crippen LogP contribution in [0.3, 0.4) is 0 Å². The van der Waals surface area contributed by atoms with Crippen LogP contribution in [0.1, 0.15) is 19.8 Å². The van der Waals surface area contributed by atoms with Crippen molar-refractivity contribution < 1.29 is 24.0 Å². The molecule has 2 aromatic carbocycles. The van der Waals surface area contributed by atoms with E-state index in [1.807, 2.05) is 61.5 Å². The quantitative estimate of drug-likeness (QED) is 0.720. The van der Waals surface area contributed by atoms with E-state index in [9.17, 15) is 9.59 Å². The van der Waals surface area contributed by atoms with Gasteiger partial charge in [0.15, 0.2) is 6.54 Å². The molecular formula is C22H27N2O4+. The van der Waals surface area contributed by atoms with Gasteiger partial charge < -0.3 is 19.7 Å². The van der Waals surface area contributed by atoms with Crippen LogP contribution in [0.15, 0.2) is 54.6 Å². The zero-order chi connectivity index (χ0) is 19.8. The first kappa shape index (κ1) is 19.9. The highest BCUT2D eigenvalue weighted by Crippen LogP contribution is 2.22. The number of benzene rings is 2. The van der Waals surface area contributed by atoms with Gasteiger partial charge in [-0.1, -0.05) is 18.2 Å². The number of esters is 1. The van der Waals surface area contributed by atoms with Gasteiger partial charge in [-0.05, 0) is 56.2 Å². The second kappa shape index (κ2) is 9.90. The normalized spacial score (nSPS) is 18.9. The number of carbonyl (C=O) groups excluding carboxylic acids is 2. The Labute approximate surface area is 165 Å². The molecule has 1 fully saturated rings. The SMILES string of the molecule is CCOC(=O)[C@@H]1CCC[NH+](CC(=O)Nc2ccc(Oc3ccccc3)cc2)C1. The number of nitrogens with one attached hydrogen (secondary N) is 2. The lowest BCUT2D eigenvalue weighted by Gasteiger charge is -2.28. The summed E-state index contributed by atoms with van der Waals surface area (Å²) in [5, 5.41) is 2.92. The number of hydrogen-bond donors (Lipinski definition) is 2. The minimum absolute atomic E-state index is 0.0590. The number of ether oxygens (including phenoxy) is 2. The summed E-state index contributed by atoms with van der Waals surface area (Å²) in [6.45, 7) is 4.10. The molecule has 1 unspecified atom stereocenters. The number of para-hydroxylation sites is 1. The van der Waals surface area contributed by atoms with Crippen LogP contribution in [0.4, 0.5) is 5.69 Å². The van der Waals surface area contributed by atoms with Gasteiger partial charge in [-0.3, -0.25) is 9.59 Å². The largest absolute Gasteiger partial charge is 0.466 e. The summed E-state index contributed by atoms with van der Waals surface area (Å²) in [5.74, 6) is 1.17. The number of amides is 1. The number of piperidine rings is 1. The Kier molecular flexibility index (Phi) is 7.03. The molecule has 0 bridgehead atoms. The van der Waals surface area contributed by atoms with Crippen LogP contribution in [-0.4, -0.2) is 38.1 Å². The minimum Gasteiger partial charge on any atom is -0.466 e. The lowest BCUT2D eigenvalue weighted by Crippen LogP contribution is -3.14. The molecule has 0 aromatic heterocycles. The minimum atomic E-state index is -0.144. The van der Waals surface area contributed by atoms with Crippen molar-refractivity contribution in [2.75, 3.05) is 31.6 Å². The van der Waals surface area contributed by atoms with Crippen molar-refractivity contribution in [1.82, 2.24) is 0 Å². The first-order valence-electron chi connectivity index (χ1n) is 9.77. The van der Waals surface area contributed by atoms with Crippen molar-refractivity contribution in [2.45, 2.75) is 19.8 Å². The third kappa shape index (κ3) is 5.82. The highest BCUT2D eigenvalue weighted by atomic mass is 16.5. The van der Waals surface area contributed by atoms with Crippen LogP contribution in [0.25, 0.3) is 0 Å². The van der Waals surface area contributed by atoms with E-state index in [-0.39, 0.29) is 17.8 Å². The predicted molar refractivity (Wildman–Crippen MR) is 107 cm³/mol. The van der Waals surface area contributed by atoms with Crippen molar-refractivity contribution in [3.63, 3.8) is 0 Å². The summed E-state index contributed by atoms with van der Waals surface area (Å²) >= 11 is 0. The maximum Gasteiger partial charge on any atom is 0.314 e. The van der Waals surface area contributed by atoms with Gasteiger partial charge in [-0.2, -0.15) is 0 Å². The lowest BCUT2D eigenvalue weighted by atomic mass is 9.98. The van der Waals surface area contributed by atoms with Crippen molar-refractivity contribution in [3.05, 3.63) is 54.6 Å². The molecule has 2 aromatic rings. The maximum atomic E-state index is 12.4. The standard InChI is InChI=1S/C22H26N2O4/c1-2-27-22(26)17-7-6-14-24(15-17)16-21(25)23-18-10-12-20(13-11-18)28-19-8-4-3-5-9-19/h3-5,8-13,17H,2,6-7,14-16H2,1H3,(H,23,25)/p+1/t17-/m1/s1. The Morgan fingerprint density at radius 3 is 2.50 bits per heavy atom. The van der Waals surface area contributed by atoms with Crippen molar-refractivity contribution in [3.8, 4) is 11.5 Å². The van der Waals surface area contributed by atoms with Crippen LogP contribution in [0, 0.1) is 5.92 Å². The summed E-state index contributed by atoms with van der Waals surface area (Å²) in [4.78, 5) is 25.4. The van der Waals surface area contributed by atoms with Crippen LogP contribution in [-0.2, 0) is 14.3 Å². The Hall–Kier alpha value is -2.86. The Bertz CT molecular complexity index is 777. The summed E-state index contributed by atoms with van der Waals surface area (Å²) in [5.41, 5.74) is 0.726. The van der Waals surface area contributed by atoms with Crippen LogP contribution in [0.5, 0.6) is 11.5 Å². The molecule has 2 atom stereocenters. The van der Waals surface area contributed by atoms with Crippen LogP contribution in [0.2, 0.25) is 0 Å². The molecule has 1 amide bonds. The molecule has 1 saturated heterocycles. The summed E-state index contributed by atoms with van der Waals surface area (Å²) in [6.07, 6.45) is 1.77. The van der Waals surface area contributed by atoms with Crippen molar-refractivity contribution in [2.24, 2.45) is 5.92 Å². The highest BCUT2D eigenvalue weighted by Gasteiger charge is 2.30. The maximum absolute atomic E-state index is 12.4. The number of quaternary nitrogens is 1. The van der Waals surface area contributed by atoms with Crippen LogP contribution >= 0.6 is 0 Å². The smallest absolute Gasteiger partial charge is 0.314 e. The first-order chi connectivity index (χ1) is 13.6. The van der Waals surface area contributed by atoms with Gasteiger partial charge in [-0.25, -0.2) is 0 Å².